The molecule has 1 fully saturated rings. The van der Waals surface area contributed by atoms with E-state index in [1.54, 1.807) is 91.0 Å². The van der Waals surface area contributed by atoms with Gasteiger partial charge in [0.1, 0.15) is 12.7 Å². The van der Waals surface area contributed by atoms with Crippen molar-refractivity contribution in [2.75, 3.05) is 6.61 Å². The summed E-state index contributed by atoms with van der Waals surface area (Å²) in [6, 6.07) is 24.7. The maximum Gasteiger partial charge on any atom is 0.338 e. The second kappa shape index (κ2) is 10.7. The van der Waals surface area contributed by atoms with Crippen LogP contribution >= 0.6 is 0 Å². The van der Waals surface area contributed by atoms with Gasteiger partial charge >= 0.3 is 17.9 Å². The summed E-state index contributed by atoms with van der Waals surface area (Å²) in [4.78, 5) is 37.6. The third-order valence-corrected chi connectivity index (χ3v) is 5.18. The molecule has 0 aliphatic carbocycles. The van der Waals surface area contributed by atoms with Crippen LogP contribution in [0.3, 0.4) is 0 Å². The Morgan fingerprint density at radius 1 is 0.647 bits per heavy atom. The summed E-state index contributed by atoms with van der Waals surface area (Å²) >= 11 is 0. The van der Waals surface area contributed by atoms with Gasteiger partial charge in [0.05, 0.1) is 16.7 Å². The average Bonchev–Trinajstić information content (AvgIpc) is 3.17. The van der Waals surface area contributed by atoms with Crippen LogP contribution in [0.15, 0.2) is 91.0 Å². The Bertz CT molecular complexity index is 1120. The van der Waals surface area contributed by atoms with Gasteiger partial charge in [-0.3, -0.25) is 0 Å². The molecule has 1 aliphatic heterocycles. The molecule has 0 radical (unpaired) electrons. The van der Waals surface area contributed by atoms with Gasteiger partial charge in [-0.1, -0.05) is 54.6 Å². The Morgan fingerprint density at radius 2 is 1.06 bits per heavy atom. The van der Waals surface area contributed by atoms with Gasteiger partial charge in [-0.15, -0.1) is 0 Å². The molecule has 8 nitrogen and oxygen atoms in total. The highest BCUT2D eigenvalue weighted by Gasteiger charge is 2.50. The van der Waals surface area contributed by atoms with Crippen LogP contribution in [0.1, 0.15) is 31.1 Å². The highest BCUT2D eigenvalue weighted by Crippen LogP contribution is 2.28. The van der Waals surface area contributed by atoms with Crippen molar-refractivity contribution in [3.8, 4) is 0 Å². The van der Waals surface area contributed by atoms with E-state index in [1.165, 1.54) is 0 Å². The number of ether oxygens (including phenoxy) is 4. The topological polar surface area (TPSA) is 108 Å². The van der Waals surface area contributed by atoms with Gasteiger partial charge in [0.25, 0.3) is 0 Å². The van der Waals surface area contributed by atoms with E-state index in [2.05, 4.69) is 0 Å². The minimum atomic E-state index is -1.60. The van der Waals surface area contributed by atoms with Gasteiger partial charge in [0.15, 0.2) is 18.5 Å². The molecule has 0 bridgehead atoms. The zero-order valence-corrected chi connectivity index (χ0v) is 18.0. The molecule has 4 rings (SSSR count). The van der Waals surface area contributed by atoms with Crippen molar-refractivity contribution in [1.29, 1.82) is 0 Å². The third-order valence-electron chi connectivity index (χ3n) is 5.18. The standard InChI is InChI=1S/C26H22O8/c27-23(17-10-4-1-5-11-17)31-16-20-21(33-24(28)18-12-6-2-7-13-18)22(26(30)32-20)34-25(29)19-14-8-3-9-15-19/h1-15,20-22,26,30H,16H2/t20-,21-,22?,26+/m1/s1. The Kier molecular flexibility index (Phi) is 7.31. The smallest absolute Gasteiger partial charge is 0.338 e. The summed E-state index contributed by atoms with van der Waals surface area (Å²) in [5, 5.41) is 10.5. The van der Waals surface area contributed by atoms with Crippen molar-refractivity contribution in [3.05, 3.63) is 108 Å². The van der Waals surface area contributed by atoms with Crippen LogP contribution in [0.5, 0.6) is 0 Å². The van der Waals surface area contributed by atoms with E-state index in [0.717, 1.165) is 0 Å². The van der Waals surface area contributed by atoms with Crippen molar-refractivity contribution < 1.29 is 38.4 Å². The number of esters is 3. The van der Waals surface area contributed by atoms with Gasteiger partial charge in [-0.05, 0) is 36.4 Å². The molecule has 0 aromatic heterocycles. The SMILES string of the molecule is O=C(OC[C@H]1O[C@H](O)C(OC(=O)c2ccccc2)[C@@H]1OC(=O)c1ccccc1)c1ccccc1. The van der Waals surface area contributed by atoms with Gasteiger partial charge in [0.2, 0.25) is 0 Å². The van der Waals surface area contributed by atoms with Crippen LogP contribution in [0.4, 0.5) is 0 Å². The van der Waals surface area contributed by atoms with E-state index in [4.69, 9.17) is 18.9 Å². The predicted molar refractivity (Wildman–Crippen MR) is 119 cm³/mol. The first kappa shape index (κ1) is 23.2. The van der Waals surface area contributed by atoms with Crippen LogP contribution < -0.4 is 0 Å². The maximum atomic E-state index is 12.7. The second-order valence-corrected chi connectivity index (χ2v) is 7.50. The molecule has 3 aromatic rings. The Labute approximate surface area is 195 Å². The Balaban J connectivity index is 1.51. The van der Waals surface area contributed by atoms with Crippen LogP contribution in [0.2, 0.25) is 0 Å². The first-order chi connectivity index (χ1) is 16.5. The lowest BCUT2D eigenvalue weighted by Gasteiger charge is -2.23. The highest BCUT2D eigenvalue weighted by molar-refractivity contribution is 5.90. The lowest BCUT2D eigenvalue weighted by molar-refractivity contribution is -0.135. The van der Waals surface area contributed by atoms with Gasteiger partial charge in [-0.2, -0.15) is 0 Å². The largest absolute Gasteiger partial charge is 0.459 e. The minimum absolute atomic E-state index is 0.252. The molecule has 4 atom stereocenters. The zero-order valence-electron chi connectivity index (χ0n) is 18.0. The number of hydrogen-bond donors (Lipinski definition) is 1. The molecule has 8 heteroatoms. The predicted octanol–water partition coefficient (Wildman–Crippen LogP) is 3.01. The van der Waals surface area contributed by atoms with Crippen LogP contribution in [-0.2, 0) is 18.9 Å². The fourth-order valence-electron chi connectivity index (χ4n) is 3.46. The van der Waals surface area contributed by atoms with E-state index < -0.39 is 42.5 Å². The van der Waals surface area contributed by atoms with Crippen molar-refractivity contribution in [2.45, 2.75) is 24.6 Å². The second-order valence-electron chi connectivity index (χ2n) is 7.50. The summed E-state index contributed by atoms with van der Waals surface area (Å²) in [6.07, 6.45) is -5.22. The summed E-state index contributed by atoms with van der Waals surface area (Å²) in [6.45, 7) is -0.336. The number of aliphatic hydroxyl groups excluding tert-OH is 1. The normalized spacial score (nSPS) is 21.4. The van der Waals surface area contributed by atoms with E-state index >= 15 is 0 Å². The van der Waals surface area contributed by atoms with E-state index in [1.807, 2.05) is 0 Å². The summed E-state index contributed by atoms with van der Waals surface area (Å²) < 4.78 is 21.8. The number of aliphatic hydroxyl groups is 1. The molecule has 0 spiro atoms. The fraction of sp³-hybridized carbons (Fsp3) is 0.192. The number of hydrogen-bond acceptors (Lipinski definition) is 8. The van der Waals surface area contributed by atoms with Crippen molar-refractivity contribution in [2.24, 2.45) is 0 Å². The fourth-order valence-corrected chi connectivity index (χ4v) is 3.46. The quantitative estimate of drug-likeness (QED) is 0.422. The molecule has 0 saturated carbocycles. The highest BCUT2D eigenvalue weighted by atomic mass is 16.7. The molecular formula is C26H22O8. The number of carbonyl (C=O) groups excluding carboxylic acids is 3. The Hall–Kier alpha value is -4.01. The van der Waals surface area contributed by atoms with Crippen molar-refractivity contribution >= 4 is 17.9 Å². The molecule has 0 amide bonds. The molecule has 174 valence electrons. The van der Waals surface area contributed by atoms with E-state index in [9.17, 15) is 19.5 Å². The molecule has 1 unspecified atom stereocenters. The first-order valence-electron chi connectivity index (χ1n) is 10.6. The minimum Gasteiger partial charge on any atom is -0.459 e. The first-order valence-corrected chi connectivity index (χ1v) is 10.6. The molecule has 1 aliphatic rings. The maximum absolute atomic E-state index is 12.7. The molecule has 1 saturated heterocycles. The third kappa shape index (κ3) is 5.48. The van der Waals surface area contributed by atoms with Crippen LogP contribution in [0, 0.1) is 0 Å². The average molecular weight is 462 g/mol. The van der Waals surface area contributed by atoms with Gasteiger partial charge < -0.3 is 24.1 Å². The number of carbonyl (C=O) groups is 3. The van der Waals surface area contributed by atoms with Crippen LogP contribution in [-0.4, -0.2) is 54.2 Å². The van der Waals surface area contributed by atoms with E-state index in [0.29, 0.717) is 5.56 Å². The molecule has 34 heavy (non-hydrogen) atoms. The van der Waals surface area contributed by atoms with Crippen LogP contribution in [0.25, 0.3) is 0 Å². The van der Waals surface area contributed by atoms with Crippen molar-refractivity contribution in [3.63, 3.8) is 0 Å². The number of benzene rings is 3. The van der Waals surface area contributed by atoms with Gasteiger partial charge in [-0.25, -0.2) is 14.4 Å². The molecule has 1 N–H and O–H groups in total. The van der Waals surface area contributed by atoms with Gasteiger partial charge in [0, 0.05) is 0 Å². The number of rotatable bonds is 7. The molecule has 1 heterocycles. The molecule has 3 aromatic carbocycles. The lowest BCUT2D eigenvalue weighted by Crippen LogP contribution is -2.42. The lowest BCUT2D eigenvalue weighted by atomic mass is 10.1. The molecular weight excluding hydrogens is 440 g/mol. The zero-order chi connectivity index (χ0) is 23.9. The summed E-state index contributed by atoms with van der Waals surface area (Å²) in [7, 11) is 0. The Morgan fingerprint density at radius 3 is 1.53 bits per heavy atom. The summed E-state index contributed by atoms with van der Waals surface area (Å²) in [5.74, 6) is -2.05. The monoisotopic (exact) mass is 462 g/mol. The summed E-state index contributed by atoms with van der Waals surface area (Å²) in [5.41, 5.74) is 0.838. The van der Waals surface area contributed by atoms with E-state index in [-0.39, 0.29) is 17.7 Å². The van der Waals surface area contributed by atoms with Crippen molar-refractivity contribution in [1.82, 2.24) is 0 Å².